The van der Waals surface area contributed by atoms with Crippen molar-refractivity contribution in [3.8, 4) is 5.75 Å². The molecule has 0 aliphatic rings. The second kappa shape index (κ2) is 6.40. The van der Waals surface area contributed by atoms with E-state index in [4.69, 9.17) is 10.5 Å². The molecule has 0 heterocycles. The topological polar surface area (TPSA) is 38.5 Å². The number of nitrogen functional groups attached to an aromatic ring is 1. The van der Waals surface area contributed by atoms with Crippen LogP contribution in [0.15, 0.2) is 18.2 Å². The molecule has 0 aliphatic heterocycles. The Morgan fingerprint density at radius 3 is 2.33 bits per heavy atom. The van der Waals surface area contributed by atoms with Crippen LogP contribution in [0.2, 0.25) is 0 Å². The van der Waals surface area contributed by atoms with Gasteiger partial charge in [-0.25, -0.2) is 0 Å². The maximum absolute atomic E-state index is 5.74. The van der Waals surface area contributed by atoms with Crippen LogP contribution in [0.3, 0.4) is 0 Å². The summed E-state index contributed by atoms with van der Waals surface area (Å²) in [6.45, 7) is 6.24. The van der Waals surface area contributed by atoms with Crippen LogP contribution in [0.5, 0.6) is 5.75 Å². The standard InChI is InChI=1S/C11H18N2O.ClH/c1-4-13(5-2)9-6-7-10(12)11(8-9)14-3;/h6-8H,4-5,12H2,1-3H3;1H. The zero-order chi connectivity index (χ0) is 10.6. The quantitative estimate of drug-likeness (QED) is 0.808. The van der Waals surface area contributed by atoms with Crippen LogP contribution < -0.4 is 15.4 Å². The predicted molar refractivity (Wildman–Crippen MR) is 68.2 cm³/mol. The Hall–Kier alpha value is -1.09. The molecule has 0 amide bonds. The molecule has 3 nitrogen and oxygen atoms in total. The summed E-state index contributed by atoms with van der Waals surface area (Å²) in [5, 5.41) is 0. The first-order chi connectivity index (χ1) is 6.72. The van der Waals surface area contributed by atoms with Crippen molar-refractivity contribution < 1.29 is 4.74 Å². The number of nitrogens with zero attached hydrogens (tertiary/aromatic N) is 1. The number of halogens is 1. The van der Waals surface area contributed by atoms with Crippen molar-refractivity contribution >= 4 is 23.8 Å². The van der Waals surface area contributed by atoms with Gasteiger partial charge < -0.3 is 15.4 Å². The normalized spacial score (nSPS) is 9.27. The molecule has 1 rings (SSSR count). The maximum Gasteiger partial charge on any atom is 0.143 e. The van der Waals surface area contributed by atoms with Crippen LogP contribution in [-0.2, 0) is 0 Å². The van der Waals surface area contributed by atoms with E-state index in [1.54, 1.807) is 7.11 Å². The zero-order valence-corrected chi connectivity index (χ0v) is 10.3. The average Bonchev–Trinajstić information content (AvgIpc) is 2.22. The van der Waals surface area contributed by atoms with Crippen molar-refractivity contribution in [1.82, 2.24) is 0 Å². The summed E-state index contributed by atoms with van der Waals surface area (Å²) in [6, 6.07) is 5.87. The first-order valence-electron chi connectivity index (χ1n) is 4.91. The molecule has 0 aromatic heterocycles. The van der Waals surface area contributed by atoms with Gasteiger partial charge in [0.25, 0.3) is 0 Å². The molecule has 0 radical (unpaired) electrons. The third-order valence-electron chi connectivity index (χ3n) is 2.35. The first kappa shape index (κ1) is 13.9. The third kappa shape index (κ3) is 3.20. The van der Waals surface area contributed by atoms with Gasteiger partial charge in [0.2, 0.25) is 0 Å². The van der Waals surface area contributed by atoms with Gasteiger partial charge in [-0.15, -0.1) is 12.4 Å². The van der Waals surface area contributed by atoms with Gasteiger partial charge in [-0.3, -0.25) is 0 Å². The Kier molecular flexibility index (Phi) is 5.94. The lowest BCUT2D eigenvalue weighted by Crippen LogP contribution is -2.21. The minimum absolute atomic E-state index is 0. The minimum Gasteiger partial charge on any atom is -0.495 e. The Labute approximate surface area is 97.6 Å². The second-order valence-corrected chi connectivity index (χ2v) is 3.10. The predicted octanol–water partition coefficient (Wildman–Crippen LogP) is 2.55. The fourth-order valence-electron chi connectivity index (χ4n) is 1.49. The van der Waals surface area contributed by atoms with Crippen molar-refractivity contribution in [3.05, 3.63) is 18.2 Å². The molecular formula is C11H19ClN2O. The number of anilines is 2. The Balaban J connectivity index is 0.00000196. The first-order valence-corrected chi connectivity index (χ1v) is 4.91. The SMILES string of the molecule is CCN(CC)c1ccc(N)c(OC)c1.Cl. The lowest BCUT2D eigenvalue weighted by Gasteiger charge is -2.21. The fourth-order valence-corrected chi connectivity index (χ4v) is 1.49. The summed E-state index contributed by atoms with van der Waals surface area (Å²) >= 11 is 0. The lowest BCUT2D eigenvalue weighted by molar-refractivity contribution is 0.417. The third-order valence-corrected chi connectivity index (χ3v) is 2.35. The van der Waals surface area contributed by atoms with Gasteiger partial charge in [0, 0.05) is 24.8 Å². The van der Waals surface area contributed by atoms with Crippen molar-refractivity contribution in [2.75, 3.05) is 30.8 Å². The van der Waals surface area contributed by atoms with E-state index in [1.165, 1.54) is 0 Å². The van der Waals surface area contributed by atoms with Gasteiger partial charge in [-0.1, -0.05) is 0 Å². The lowest BCUT2D eigenvalue weighted by atomic mass is 10.2. The fraction of sp³-hybridized carbons (Fsp3) is 0.455. The molecule has 4 heteroatoms. The monoisotopic (exact) mass is 230 g/mol. The summed E-state index contributed by atoms with van der Waals surface area (Å²) in [5.41, 5.74) is 7.58. The van der Waals surface area contributed by atoms with Crippen molar-refractivity contribution in [3.63, 3.8) is 0 Å². The average molecular weight is 231 g/mol. The highest BCUT2D eigenvalue weighted by molar-refractivity contribution is 5.85. The van der Waals surface area contributed by atoms with E-state index in [1.807, 2.05) is 18.2 Å². The molecule has 0 aliphatic carbocycles. The van der Waals surface area contributed by atoms with Crippen LogP contribution in [0.4, 0.5) is 11.4 Å². The van der Waals surface area contributed by atoms with E-state index in [9.17, 15) is 0 Å². The second-order valence-electron chi connectivity index (χ2n) is 3.10. The number of methoxy groups -OCH3 is 1. The van der Waals surface area contributed by atoms with Crippen molar-refractivity contribution in [1.29, 1.82) is 0 Å². The molecule has 0 spiro atoms. The summed E-state index contributed by atoms with van der Waals surface area (Å²) in [4.78, 5) is 2.25. The van der Waals surface area contributed by atoms with E-state index in [0.29, 0.717) is 5.69 Å². The molecule has 2 N–H and O–H groups in total. The van der Waals surface area contributed by atoms with Gasteiger partial charge in [0.05, 0.1) is 12.8 Å². The highest BCUT2D eigenvalue weighted by Gasteiger charge is 2.05. The van der Waals surface area contributed by atoms with Crippen LogP contribution >= 0.6 is 12.4 Å². The molecule has 86 valence electrons. The van der Waals surface area contributed by atoms with Gasteiger partial charge in [0.15, 0.2) is 0 Å². The summed E-state index contributed by atoms with van der Waals surface area (Å²) < 4.78 is 5.17. The summed E-state index contributed by atoms with van der Waals surface area (Å²) in [5.74, 6) is 0.745. The largest absolute Gasteiger partial charge is 0.495 e. The Morgan fingerprint density at radius 1 is 1.27 bits per heavy atom. The van der Waals surface area contributed by atoms with Crippen LogP contribution in [-0.4, -0.2) is 20.2 Å². The van der Waals surface area contributed by atoms with Crippen LogP contribution in [0, 0.1) is 0 Å². The molecule has 0 unspecified atom stereocenters. The molecular weight excluding hydrogens is 212 g/mol. The van der Waals surface area contributed by atoms with Gasteiger partial charge in [-0.2, -0.15) is 0 Å². The highest BCUT2D eigenvalue weighted by Crippen LogP contribution is 2.27. The molecule has 1 aromatic rings. The Bertz CT molecular complexity index is 301. The Morgan fingerprint density at radius 2 is 1.87 bits per heavy atom. The van der Waals surface area contributed by atoms with Gasteiger partial charge in [-0.05, 0) is 26.0 Å². The maximum atomic E-state index is 5.74. The molecule has 1 aromatic carbocycles. The molecule has 15 heavy (non-hydrogen) atoms. The van der Waals surface area contributed by atoms with E-state index in [2.05, 4.69) is 18.7 Å². The number of rotatable bonds is 4. The van der Waals surface area contributed by atoms with E-state index in [0.717, 1.165) is 24.5 Å². The highest BCUT2D eigenvalue weighted by atomic mass is 35.5. The minimum atomic E-state index is 0. The number of benzene rings is 1. The van der Waals surface area contributed by atoms with Crippen molar-refractivity contribution in [2.45, 2.75) is 13.8 Å². The zero-order valence-electron chi connectivity index (χ0n) is 9.49. The molecule has 0 atom stereocenters. The number of ether oxygens (including phenoxy) is 1. The van der Waals surface area contributed by atoms with Crippen LogP contribution in [0.1, 0.15) is 13.8 Å². The summed E-state index contributed by atoms with van der Waals surface area (Å²) in [6.07, 6.45) is 0. The van der Waals surface area contributed by atoms with Crippen LogP contribution in [0.25, 0.3) is 0 Å². The number of hydrogen-bond acceptors (Lipinski definition) is 3. The van der Waals surface area contributed by atoms with Gasteiger partial charge >= 0.3 is 0 Å². The molecule has 0 saturated heterocycles. The van der Waals surface area contributed by atoms with Crippen molar-refractivity contribution in [2.24, 2.45) is 0 Å². The number of nitrogens with two attached hydrogens (primary N) is 1. The molecule has 0 fully saturated rings. The van der Waals surface area contributed by atoms with E-state index < -0.39 is 0 Å². The van der Waals surface area contributed by atoms with Gasteiger partial charge in [0.1, 0.15) is 5.75 Å². The number of hydrogen-bond donors (Lipinski definition) is 1. The molecule has 0 bridgehead atoms. The molecule has 0 saturated carbocycles. The van der Waals surface area contributed by atoms with E-state index in [-0.39, 0.29) is 12.4 Å². The van der Waals surface area contributed by atoms with E-state index >= 15 is 0 Å². The summed E-state index contributed by atoms with van der Waals surface area (Å²) in [7, 11) is 1.64. The smallest absolute Gasteiger partial charge is 0.143 e.